The molecule has 0 saturated carbocycles. The number of rotatable bonds is 4. The number of carbonyl (C=O) groups excluding carboxylic acids is 1. The van der Waals surface area contributed by atoms with Crippen LogP contribution in [0.5, 0.6) is 0 Å². The fourth-order valence-corrected chi connectivity index (χ4v) is 3.02. The third-order valence-electron chi connectivity index (χ3n) is 4.32. The van der Waals surface area contributed by atoms with Crippen molar-refractivity contribution in [1.29, 1.82) is 0 Å². The average Bonchev–Trinajstić information content (AvgIpc) is 2.94. The number of hydrogen-bond acceptors (Lipinski definition) is 4. The van der Waals surface area contributed by atoms with E-state index in [4.69, 9.17) is 4.74 Å². The number of ether oxygens (including phenoxy) is 1. The van der Waals surface area contributed by atoms with E-state index in [1.54, 1.807) is 4.90 Å². The van der Waals surface area contributed by atoms with Crippen molar-refractivity contribution >= 4 is 17.5 Å². The van der Waals surface area contributed by atoms with Crippen LogP contribution in [0, 0.1) is 0 Å². The quantitative estimate of drug-likeness (QED) is 0.925. The third-order valence-corrected chi connectivity index (χ3v) is 4.32. The summed E-state index contributed by atoms with van der Waals surface area (Å²) < 4.78 is 4.99. The number of benzene rings is 1. The number of anilines is 2. The van der Waals surface area contributed by atoms with Crippen LogP contribution in [-0.2, 0) is 4.74 Å². The minimum atomic E-state index is -0.247. The van der Waals surface area contributed by atoms with Gasteiger partial charge in [0.15, 0.2) is 0 Å². The molecule has 2 heterocycles. The molecule has 0 spiro atoms. The molecule has 2 aliphatic rings. The number of carbonyl (C=O) groups is 1. The summed E-state index contributed by atoms with van der Waals surface area (Å²) >= 11 is 0. The molecule has 114 valence electrons. The number of amides is 1. The zero-order chi connectivity index (χ0) is 14.7. The van der Waals surface area contributed by atoms with E-state index in [2.05, 4.69) is 23.2 Å². The van der Waals surface area contributed by atoms with Gasteiger partial charge in [-0.05, 0) is 37.6 Å². The molecule has 1 aromatic carbocycles. The SMILES string of the molecule is CCN1CCC(Nc2cccc(N3CCOC3=O)c2)CC1. The number of likely N-dealkylation sites (tertiary alicyclic amines) is 1. The number of piperidine rings is 1. The summed E-state index contributed by atoms with van der Waals surface area (Å²) in [5.74, 6) is 0. The number of hydrogen-bond donors (Lipinski definition) is 1. The second-order valence-corrected chi connectivity index (χ2v) is 5.67. The Balaban J connectivity index is 1.62. The lowest BCUT2D eigenvalue weighted by Gasteiger charge is -2.32. The molecular formula is C16H23N3O2. The zero-order valence-corrected chi connectivity index (χ0v) is 12.5. The Kier molecular flexibility index (Phi) is 4.29. The van der Waals surface area contributed by atoms with E-state index in [0.29, 0.717) is 19.2 Å². The van der Waals surface area contributed by atoms with Crippen molar-refractivity contribution in [2.24, 2.45) is 0 Å². The zero-order valence-electron chi connectivity index (χ0n) is 12.5. The highest BCUT2D eigenvalue weighted by molar-refractivity contribution is 5.89. The Morgan fingerprint density at radius 2 is 2.10 bits per heavy atom. The second kappa shape index (κ2) is 6.35. The standard InChI is InChI=1S/C16H23N3O2/c1-2-18-8-6-13(7-9-18)17-14-4-3-5-15(12-14)19-10-11-21-16(19)20/h3-5,12-13,17H,2,6-11H2,1H3. The summed E-state index contributed by atoms with van der Waals surface area (Å²) in [6, 6.07) is 8.58. The van der Waals surface area contributed by atoms with Gasteiger partial charge in [0.25, 0.3) is 0 Å². The molecule has 0 aliphatic carbocycles. The largest absolute Gasteiger partial charge is 0.447 e. The Morgan fingerprint density at radius 3 is 2.76 bits per heavy atom. The van der Waals surface area contributed by atoms with E-state index in [9.17, 15) is 4.79 Å². The van der Waals surface area contributed by atoms with Crippen LogP contribution in [0.15, 0.2) is 24.3 Å². The van der Waals surface area contributed by atoms with Crippen LogP contribution >= 0.6 is 0 Å². The molecule has 0 bridgehead atoms. The van der Waals surface area contributed by atoms with Gasteiger partial charge in [-0.25, -0.2) is 4.79 Å². The van der Waals surface area contributed by atoms with Crippen molar-refractivity contribution in [3.8, 4) is 0 Å². The second-order valence-electron chi connectivity index (χ2n) is 5.67. The molecule has 1 aromatic rings. The fourth-order valence-electron chi connectivity index (χ4n) is 3.02. The predicted octanol–water partition coefficient (Wildman–Crippen LogP) is 2.54. The lowest BCUT2D eigenvalue weighted by Crippen LogP contribution is -2.38. The molecule has 2 fully saturated rings. The predicted molar refractivity (Wildman–Crippen MR) is 83.9 cm³/mol. The van der Waals surface area contributed by atoms with E-state index >= 15 is 0 Å². The van der Waals surface area contributed by atoms with Crippen molar-refractivity contribution in [1.82, 2.24) is 4.90 Å². The monoisotopic (exact) mass is 289 g/mol. The molecule has 3 rings (SSSR count). The lowest BCUT2D eigenvalue weighted by molar-refractivity contribution is 0.181. The first-order valence-corrected chi connectivity index (χ1v) is 7.79. The van der Waals surface area contributed by atoms with Crippen molar-refractivity contribution in [3.63, 3.8) is 0 Å². The molecule has 0 unspecified atom stereocenters. The van der Waals surface area contributed by atoms with E-state index in [0.717, 1.165) is 31.0 Å². The maximum Gasteiger partial charge on any atom is 0.414 e. The molecule has 1 N–H and O–H groups in total. The summed E-state index contributed by atoms with van der Waals surface area (Å²) in [6.45, 7) is 6.79. The first kappa shape index (κ1) is 14.2. The molecule has 2 aliphatic heterocycles. The molecule has 1 amide bonds. The first-order chi connectivity index (χ1) is 10.3. The molecule has 0 atom stereocenters. The number of nitrogens with one attached hydrogen (secondary N) is 1. The highest BCUT2D eigenvalue weighted by atomic mass is 16.6. The van der Waals surface area contributed by atoms with E-state index in [-0.39, 0.29) is 6.09 Å². The molecular weight excluding hydrogens is 266 g/mol. The number of nitrogens with zero attached hydrogens (tertiary/aromatic N) is 2. The van der Waals surface area contributed by atoms with Crippen molar-refractivity contribution in [2.45, 2.75) is 25.8 Å². The van der Waals surface area contributed by atoms with Crippen molar-refractivity contribution < 1.29 is 9.53 Å². The normalized spacial score (nSPS) is 20.6. The lowest BCUT2D eigenvalue weighted by atomic mass is 10.0. The van der Waals surface area contributed by atoms with Gasteiger partial charge in [0.2, 0.25) is 0 Å². The van der Waals surface area contributed by atoms with Gasteiger partial charge < -0.3 is 15.0 Å². The fraction of sp³-hybridized carbons (Fsp3) is 0.562. The smallest absolute Gasteiger partial charge is 0.414 e. The van der Waals surface area contributed by atoms with Crippen LogP contribution in [-0.4, -0.2) is 49.8 Å². The summed E-state index contributed by atoms with van der Waals surface area (Å²) in [6.07, 6.45) is 2.09. The topological polar surface area (TPSA) is 44.8 Å². The Morgan fingerprint density at radius 1 is 1.29 bits per heavy atom. The highest BCUT2D eigenvalue weighted by Crippen LogP contribution is 2.24. The van der Waals surface area contributed by atoms with Crippen LogP contribution in [0.2, 0.25) is 0 Å². The summed E-state index contributed by atoms with van der Waals surface area (Å²) in [5, 5.41) is 3.60. The van der Waals surface area contributed by atoms with Crippen LogP contribution in [0.4, 0.5) is 16.2 Å². The van der Waals surface area contributed by atoms with Gasteiger partial charge in [0.05, 0.1) is 6.54 Å². The van der Waals surface area contributed by atoms with E-state index in [1.165, 1.54) is 12.8 Å². The average molecular weight is 289 g/mol. The van der Waals surface area contributed by atoms with Crippen LogP contribution in [0.1, 0.15) is 19.8 Å². The highest BCUT2D eigenvalue weighted by Gasteiger charge is 2.24. The van der Waals surface area contributed by atoms with Gasteiger partial charge in [0.1, 0.15) is 6.61 Å². The van der Waals surface area contributed by atoms with Crippen molar-refractivity contribution in [2.75, 3.05) is 43.0 Å². The minimum Gasteiger partial charge on any atom is -0.447 e. The van der Waals surface area contributed by atoms with Crippen LogP contribution in [0.25, 0.3) is 0 Å². The Hall–Kier alpha value is -1.75. The minimum absolute atomic E-state index is 0.247. The Labute approximate surface area is 125 Å². The molecule has 5 nitrogen and oxygen atoms in total. The van der Waals surface area contributed by atoms with Crippen LogP contribution < -0.4 is 10.2 Å². The van der Waals surface area contributed by atoms with Gasteiger partial charge in [-0.3, -0.25) is 4.90 Å². The molecule has 5 heteroatoms. The van der Waals surface area contributed by atoms with Gasteiger partial charge in [-0.15, -0.1) is 0 Å². The molecule has 21 heavy (non-hydrogen) atoms. The third kappa shape index (κ3) is 3.29. The molecule has 2 saturated heterocycles. The summed E-state index contributed by atoms with van der Waals surface area (Å²) in [7, 11) is 0. The van der Waals surface area contributed by atoms with Crippen LogP contribution in [0.3, 0.4) is 0 Å². The van der Waals surface area contributed by atoms with E-state index < -0.39 is 0 Å². The van der Waals surface area contributed by atoms with E-state index in [1.807, 2.05) is 18.2 Å². The van der Waals surface area contributed by atoms with Gasteiger partial charge in [-0.2, -0.15) is 0 Å². The number of cyclic esters (lactones) is 1. The molecule has 0 aromatic heterocycles. The maximum absolute atomic E-state index is 11.6. The van der Waals surface area contributed by atoms with Crippen molar-refractivity contribution in [3.05, 3.63) is 24.3 Å². The molecule has 0 radical (unpaired) electrons. The maximum atomic E-state index is 11.6. The first-order valence-electron chi connectivity index (χ1n) is 7.79. The Bertz CT molecular complexity index is 498. The van der Waals surface area contributed by atoms with Gasteiger partial charge >= 0.3 is 6.09 Å². The summed E-state index contributed by atoms with van der Waals surface area (Å²) in [4.78, 5) is 15.8. The summed E-state index contributed by atoms with van der Waals surface area (Å²) in [5.41, 5.74) is 2.00. The van der Waals surface area contributed by atoms with Gasteiger partial charge in [0, 0.05) is 30.5 Å². The van der Waals surface area contributed by atoms with Gasteiger partial charge in [-0.1, -0.05) is 13.0 Å².